The molecule has 0 saturated carbocycles. The summed E-state index contributed by atoms with van der Waals surface area (Å²) in [6, 6.07) is 0. The topological polar surface area (TPSA) is 67.4 Å². The van der Waals surface area contributed by atoms with Crippen molar-refractivity contribution >= 4 is 5.97 Å². The molecule has 0 N–H and O–H groups in total. The minimum atomic E-state index is -1.09. The van der Waals surface area contributed by atoms with Gasteiger partial charge in [-0.15, -0.1) is 0 Å². The molecule has 0 aliphatic rings. The number of methoxy groups -OCH3 is 1. The van der Waals surface area contributed by atoms with Gasteiger partial charge in [-0.2, -0.15) is 0 Å². The number of aliphatic carboxylic acids is 1. The van der Waals surface area contributed by atoms with Gasteiger partial charge < -0.3 is 19.4 Å². The fourth-order valence-electron chi connectivity index (χ4n) is 0.974. The van der Waals surface area contributed by atoms with Crippen LogP contribution in [0.2, 0.25) is 0 Å². The van der Waals surface area contributed by atoms with Crippen molar-refractivity contribution in [3.8, 4) is 0 Å². The molecule has 0 aliphatic carbocycles. The molecule has 98 valence electrons. The maximum absolute atomic E-state index is 9.81. The maximum atomic E-state index is 9.81. The molecule has 0 aromatic carbocycles. The van der Waals surface area contributed by atoms with Gasteiger partial charge in [-0.1, -0.05) is 0 Å². The van der Waals surface area contributed by atoms with E-state index < -0.39 is 5.97 Å². The normalized spacial score (nSPS) is 9.59. The molecule has 0 atom stereocenters. The van der Waals surface area contributed by atoms with Gasteiger partial charge in [0.2, 0.25) is 6.33 Å². The van der Waals surface area contributed by atoms with Crippen LogP contribution in [-0.4, -0.2) is 37.5 Å². The Bertz CT molecular complexity index is 296. The molecule has 0 spiro atoms. The van der Waals surface area contributed by atoms with Crippen LogP contribution < -0.4 is 9.67 Å². The largest absolute Gasteiger partial charge is 0.550 e. The molecule has 0 fully saturated rings. The second-order valence-electron chi connectivity index (χ2n) is 3.47. The summed E-state index contributed by atoms with van der Waals surface area (Å²) in [5.74, 6) is -1.09. The van der Waals surface area contributed by atoms with Crippen molar-refractivity contribution in [3.63, 3.8) is 0 Å². The van der Waals surface area contributed by atoms with Crippen LogP contribution in [0.25, 0.3) is 0 Å². The Morgan fingerprint density at radius 2 is 2.12 bits per heavy atom. The van der Waals surface area contributed by atoms with Crippen LogP contribution in [0.1, 0.15) is 6.42 Å². The lowest BCUT2D eigenvalue weighted by atomic mass is 10.5. The lowest BCUT2D eigenvalue weighted by molar-refractivity contribution is -0.670. The number of rotatable bonds is 6. The van der Waals surface area contributed by atoms with Gasteiger partial charge in [0.05, 0.1) is 33.9 Å². The number of ether oxygens (including phenoxy) is 2. The molecule has 0 radical (unpaired) electrons. The summed E-state index contributed by atoms with van der Waals surface area (Å²) in [5, 5.41) is 9.81. The van der Waals surface area contributed by atoms with E-state index in [4.69, 9.17) is 4.74 Å². The highest BCUT2D eigenvalue weighted by Crippen LogP contribution is 1.80. The molecule has 0 saturated heterocycles. The van der Waals surface area contributed by atoms with Gasteiger partial charge in [0.1, 0.15) is 12.4 Å². The number of carboxylic acid groups (broad SMARTS) is 1. The number of carboxylic acids is 1. The Labute approximate surface area is 101 Å². The fourth-order valence-corrected chi connectivity index (χ4v) is 0.974. The summed E-state index contributed by atoms with van der Waals surface area (Å²) < 4.78 is 13.5. The summed E-state index contributed by atoms with van der Waals surface area (Å²) in [6.45, 7) is 1.13. The number of carbonyl (C=O) groups excluding carboxylic acids is 1. The second-order valence-corrected chi connectivity index (χ2v) is 3.47. The van der Waals surface area contributed by atoms with Gasteiger partial charge in [-0.3, -0.25) is 0 Å². The Balaban J connectivity index is 0.000000318. The number of aryl methyl sites for hydroxylation is 2. The Kier molecular flexibility index (Phi) is 8.99. The molecule has 1 aromatic heterocycles. The van der Waals surface area contributed by atoms with E-state index in [-0.39, 0.29) is 13.0 Å². The van der Waals surface area contributed by atoms with E-state index in [2.05, 4.69) is 4.74 Å². The third kappa shape index (κ3) is 10.9. The molecular weight excluding hydrogens is 224 g/mol. The molecule has 1 aromatic rings. The number of carbonyl (C=O) groups is 1. The smallest absolute Gasteiger partial charge is 0.243 e. The summed E-state index contributed by atoms with van der Waals surface area (Å²) in [5.41, 5.74) is 0. The second kappa shape index (κ2) is 9.80. The molecule has 1 rings (SSSR count). The van der Waals surface area contributed by atoms with Gasteiger partial charge in [0.25, 0.3) is 0 Å². The first kappa shape index (κ1) is 15.6. The highest BCUT2D eigenvalue weighted by atomic mass is 16.5. The van der Waals surface area contributed by atoms with Gasteiger partial charge in [-0.05, 0) is 0 Å². The first-order valence-electron chi connectivity index (χ1n) is 5.30. The number of aromatic nitrogens is 2. The Morgan fingerprint density at radius 3 is 2.47 bits per heavy atom. The average molecular weight is 244 g/mol. The molecule has 17 heavy (non-hydrogen) atoms. The predicted octanol–water partition coefficient (Wildman–Crippen LogP) is -1.36. The molecule has 0 amide bonds. The lowest BCUT2D eigenvalue weighted by Gasteiger charge is -2.02. The van der Waals surface area contributed by atoms with Crippen LogP contribution in [0.4, 0.5) is 0 Å². The van der Waals surface area contributed by atoms with Crippen molar-refractivity contribution in [1.29, 1.82) is 0 Å². The summed E-state index contributed by atoms with van der Waals surface area (Å²) in [7, 11) is 5.56. The highest BCUT2D eigenvalue weighted by molar-refractivity contribution is 5.64. The van der Waals surface area contributed by atoms with E-state index in [0.717, 1.165) is 0 Å². The van der Waals surface area contributed by atoms with Crippen LogP contribution in [0.15, 0.2) is 18.7 Å². The van der Waals surface area contributed by atoms with Crippen molar-refractivity contribution in [2.24, 2.45) is 14.1 Å². The highest BCUT2D eigenvalue weighted by Gasteiger charge is 1.88. The van der Waals surface area contributed by atoms with Crippen molar-refractivity contribution in [1.82, 2.24) is 4.57 Å². The Hall–Kier alpha value is -1.40. The maximum Gasteiger partial charge on any atom is 0.243 e. The number of hydrogen-bond donors (Lipinski definition) is 0. The van der Waals surface area contributed by atoms with Crippen molar-refractivity contribution in [2.75, 3.05) is 26.9 Å². The van der Waals surface area contributed by atoms with Crippen molar-refractivity contribution < 1.29 is 23.9 Å². The third-order valence-corrected chi connectivity index (χ3v) is 1.78. The van der Waals surface area contributed by atoms with E-state index in [0.29, 0.717) is 13.2 Å². The zero-order valence-electron chi connectivity index (χ0n) is 10.6. The van der Waals surface area contributed by atoms with Crippen LogP contribution in [0, 0.1) is 0 Å². The third-order valence-electron chi connectivity index (χ3n) is 1.78. The molecular formula is C11H20N2O4. The van der Waals surface area contributed by atoms with E-state index in [1.54, 1.807) is 7.11 Å². The van der Waals surface area contributed by atoms with Crippen LogP contribution >= 0.6 is 0 Å². The number of hydrogen-bond acceptors (Lipinski definition) is 4. The van der Waals surface area contributed by atoms with Gasteiger partial charge in [-0.25, -0.2) is 9.13 Å². The molecule has 0 bridgehead atoms. The number of imidazole rings is 1. The average Bonchev–Trinajstić information content (AvgIpc) is 2.63. The minimum absolute atomic E-state index is 0.0519. The molecule has 1 heterocycles. The van der Waals surface area contributed by atoms with Crippen LogP contribution in [-0.2, 0) is 28.4 Å². The molecule has 0 aliphatic heterocycles. The molecule has 0 unspecified atom stereocenters. The quantitative estimate of drug-likeness (QED) is 0.458. The van der Waals surface area contributed by atoms with Gasteiger partial charge in [0.15, 0.2) is 0 Å². The standard InChI is InChI=1S/C6H12O4.C5H9N2/c1-9-4-5-10-3-2-6(7)8;1-6-3-4-7(2)5-6/h2-5H2,1H3,(H,7,8);3-5H,1-2H3/q;+1/p-1. The van der Waals surface area contributed by atoms with Gasteiger partial charge >= 0.3 is 0 Å². The van der Waals surface area contributed by atoms with E-state index in [1.807, 2.05) is 42.0 Å². The zero-order valence-corrected chi connectivity index (χ0v) is 10.6. The SMILES string of the molecule is COCCOCCC(=O)[O-].Cn1cc[n+](C)c1. The van der Waals surface area contributed by atoms with Gasteiger partial charge in [0, 0.05) is 19.5 Å². The van der Waals surface area contributed by atoms with Crippen molar-refractivity contribution in [2.45, 2.75) is 6.42 Å². The fraction of sp³-hybridized carbons (Fsp3) is 0.636. The van der Waals surface area contributed by atoms with Crippen LogP contribution in [0.3, 0.4) is 0 Å². The predicted molar refractivity (Wildman–Crippen MR) is 58.9 cm³/mol. The van der Waals surface area contributed by atoms with Crippen molar-refractivity contribution in [3.05, 3.63) is 18.7 Å². The lowest BCUT2D eigenvalue weighted by Crippen LogP contribution is -2.23. The van der Waals surface area contributed by atoms with E-state index in [9.17, 15) is 9.90 Å². The summed E-state index contributed by atoms with van der Waals surface area (Å²) in [4.78, 5) is 9.81. The first-order valence-corrected chi connectivity index (χ1v) is 5.30. The van der Waals surface area contributed by atoms with Crippen LogP contribution in [0.5, 0.6) is 0 Å². The number of nitrogens with zero attached hydrogens (tertiary/aromatic N) is 2. The summed E-state index contributed by atoms with van der Waals surface area (Å²) >= 11 is 0. The van der Waals surface area contributed by atoms with E-state index in [1.165, 1.54) is 0 Å². The zero-order chi connectivity index (χ0) is 13.1. The first-order chi connectivity index (χ1) is 8.06. The monoisotopic (exact) mass is 244 g/mol. The Morgan fingerprint density at radius 1 is 1.41 bits per heavy atom. The molecule has 6 heteroatoms. The van der Waals surface area contributed by atoms with E-state index >= 15 is 0 Å². The molecule has 6 nitrogen and oxygen atoms in total. The minimum Gasteiger partial charge on any atom is -0.550 e. The summed E-state index contributed by atoms with van der Waals surface area (Å²) in [6.07, 6.45) is 5.95.